The summed E-state index contributed by atoms with van der Waals surface area (Å²) in [7, 11) is 3.44. The predicted molar refractivity (Wildman–Crippen MR) is 91.0 cm³/mol. The van der Waals surface area contributed by atoms with E-state index in [4.69, 9.17) is 0 Å². The highest BCUT2D eigenvalue weighted by Gasteiger charge is 2.18. The molecule has 2 heterocycles. The van der Waals surface area contributed by atoms with Crippen LogP contribution in [0.15, 0.2) is 62.6 Å². The fourth-order valence-electron chi connectivity index (χ4n) is 2.46. The third kappa shape index (κ3) is 2.53. The maximum Gasteiger partial charge on any atom is 0.332 e. The summed E-state index contributed by atoms with van der Waals surface area (Å²) < 4.78 is 4.36. The molecule has 0 saturated carbocycles. The lowest BCUT2D eigenvalue weighted by Gasteiger charge is -2.07. The zero-order valence-electron chi connectivity index (χ0n) is 12.9. The minimum atomic E-state index is -0.390. The van der Waals surface area contributed by atoms with Crippen LogP contribution in [0.3, 0.4) is 0 Å². The van der Waals surface area contributed by atoms with E-state index in [0.717, 1.165) is 9.46 Å². The largest absolute Gasteiger partial charge is 0.332 e. The summed E-state index contributed by atoms with van der Waals surface area (Å²) in [5, 5.41) is 0.662. The van der Waals surface area contributed by atoms with Gasteiger partial charge in [0.15, 0.2) is 16.3 Å². The van der Waals surface area contributed by atoms with Crippen LogP contribution in [0.1, 0.15) is 0 Å². The molecule has 0 bridgehead atoms. The molecule has 0 saturated heterocycles. The molecule has 23 heavy (non-hydrogen) atoms. The van der Waals surface area contributed by atoms with Gasteiger partial charge in [-0.25, -0.2) is 9.78 Å². The van der Waals surface area contributed by atoms with Crippen LogP contribution in [-0.4, -0.2) is 18.7 Å². The van der Waals surface area contributed by atoms with Crippen molar-refractivity contribution in [2.75, 3.05) is 0 Å². The number of rotatable bonds is 4. The van der Waals surface area contributed by atoms with E-state index in [1.165, 1.54) is 22.4 Å². The van der Waals surface area contributed by atoms with Crippen LogP contribution in [0.25, 0.3) is 11.2 Å². The first-order chi connectivity index (χ1) is 11.0. The van der Waals surface area contributed by atoms with E-state index in [2.05, 4.69) is 11.6 Å². The lowest BCUT2D eigenvalue weighted by Crippen LogP contribution is -2.39. The average Bonchev–Trinajstić information content (AvgIpc) is 2.88. The number of allylic oxidation sites excluding steroid dienone is 1. The van der Waals surface area contributed by atoms with Crippen LogP contribution in [0, 0.1) is 0 Å². The van der Waals surface area contributed by atoms with Crippen molar-refractivity contribution in [1.82, 2.24) is 18.7 Å². The molecule has 2 aromatic heterocycles. The van der Waals surface area contributed by atoms with Crippen LogP contribution in [0.5, 0.6) is 0 Å². The first-order valence-corrected chi connectivity index (χ1v) is 7.86. The van der Waals surface area contributed by atoms with Gasteiger partial charge >= 0.3 is 5.69 Å². The quantitative estimate of drug-likeness (QED) is 0.685. The van der Waals surface area contributed by atoms with Crippen molar-refractivity contribution in [2.45, 2.75) is 16.6 Å². The summed E-state index contributed by atoms with van der Waals surface area (Å²) in [5.74, 6) is 0. The molecular formula is C16H16N4O2S. The van der Waals surface area contributed by atoms with Crippen molar-refractivity contribution in [3.8, 4) is 0 Å². The fourth-order valence-corrected chi connectivity index (χ4v) is 3.32. The topological polar surface area (TPSA) is 61.8 Å². The SMILES string of the molecule is C=CCn1c(=O)c2nc(Sc3ccccc3)n(C)c2n(C)c1=O. The molecule has 1 aromatic carbocycles. The highest BCUT2D eigenvalue weighted by molar-refractivity contribution is 7.99. The number of benzene rings is 1. The lowest BCUT2D eigenvalue weighted by molar-refractivity contribution is 0.658. The van der Waals surface area contributed by atoms with Gasteiger partial charge in [-0.05, 0) is 12.1 Å². The van der Waals surface area contributed by atoms with Crippen molar-refractivity contribution in [3.63, 3.8) is 0 Å². The maximum atomic E-state index is 12.5. The second-order valence-electron chi connectivity index (χ2n) is 5.09. The summed E-state index contributed by atoms with van der Waals surface area (Å²) in [6.45, 7) is 3.75. The first-order valence-electron chi connectivity index (χ1n) is 7.04. The molecule has 118 valence electrons. The van der Waals surface area contributed by atoms with Gasteiger partial charge in [0.05, 0.1) is 0 Å². The maximum absolute atomic E-state index is 12.5. The standard InChI is InChI=1S/C16H16N4O2S/c1-4-10-20-14(21)12-13(19(3)16(20)22)18(2)15(17-12)23-11-8-6-5-7-9-11/h4-9H,1,10H2,2-3H3. The molecule has 0 aliphatic rings. The number of aryl methyl sites for hydroxylation is 2. The number of aromatic nitrogens is 4. The van der Waals surface area contributed by atoms with E-state index in [-0.39, 0.29) is 17.8 Å². The molecule has 0 unspecified atom stereocenters. The van der Waals surface area contributed by atoms with Crippen LogP contribution in [0.2, 0.25) is 0 Å². The van der Waals surface area contributed by atoms with Crippen LogP contribution in [0.4, 0.5) is 0 Å². The van der Waals surface area contributed by atoms with Gasteiger partial charge in [0.2, 0.25) is 0 Å². The second kappa shape index (κ2) is 5.92. The highest BCUT2D eigenvalue weighted by Crippen LogP contribution is 2.27. The van der Waals surface area contributed by atoms with Crippen molar-refractivity contribution in [3.05, 3.63) is 63.8 Å². The Morgan fingerprint density at radius 1 is 1.17 bits per heavy atom. The van der Waals surface area contributed by atoms with E-state index in [0.29, 0.717) is 10.8 Å². The van der Waals surface area contributed by atoms with Crippen LogP contribution < -0.4 is 11.2 Å². The Morgan fingerprint density at radius 3 is 2.52 bits per heavy atom. The molecule has 0 aliphatic carbocycles. The van der Waals surface area contributed by atoms with Gasteiger partial charge < -0.3 is 4.57 Å². The Morgan fingerprint density at radius 2 is 1.87 bits per heavy atom. The molecule has 0 spiro atoms. The molecule has 0 amide bonds. The highest BCUT2D eigenvalue weighted by atomic mass is 32.2. The van der Waals surface area contributed by atoms with Crippen molar-refractivity contribution < 1.29 is 0 Å². The van der Waals surface area contributed by atoms with Gasteiger partial charge in [-0.2, -0.15) is 0 Å². The molecule has 0 aliphatic heterocycles. The Hall–Kier alpha value is -2.54. The smallest absolute Gasteiger partial charge is 0.308 e. The van der Waals surface area contributed by atoms with E-state index in [9.17, 15) is 9.59 Å². The van der Waals surface area contributed by atoms with Gasteiger partial charge in [0, 0.05) is 25.5 Å². The van der Waals surface area contributed by atoms with Gasteiger partial charge in [-0.15, -0.1) is 6.58 Å². The van der Waals surface area contributed by atoms with Gasteiger partial charge in [0.1, 0.15) is 0 Å². The number of hydrogen-bond acceptors (Lipinski definition) is 4. The minimum absolute atomic E-state index is 0.166. The molecule has 3 rings (SSSR count). The number of hydrogen-bond donors (Lipinski definition) is 0. The van der Waals surface area contributed by atoms with Crippen molar-refractivity contribution >= 4 is 22.9 Å². The minimum Gasteiger partial charge on any atom is -0.308 e. The number of fused-ring (bicyclic) bond motifs is 1. The summed E-state index contributed by atoms with van der Waals surface area (Å²) in [5.41, 5.74) is 0.0359. The number of nitrogens with zero attached hydrogens (tertiary/aromatic N) is 4. The van der Waals surface area contributed by atoms with Gasteiger partial charge in [0.25, 0.3) is 5.56 Å². The average molecular weight is 328 g/mol. The normalized spacial score (nSPS) is 11.0. The third-order valence-electron chi connectivity index (χ3n) is 3.57. The van der Waals surface area contributed by atoms with E-state index < -0.39 is 5.56 Å². The zero-order chi connectivity index (χ0) is 16.6. The van der Waals surface area contributed by atoms with Gasteiger partial charge in [-0.3, -0.25) is 13.9 Å². The van der Waals surface area contributed by atoms with Crippen LogP contribution >= 0.6 is 11.8 Å². The summed E-state index contributed by atoms with van der Waals surface area (Å²) in [6, 6.07) is 9.77. The molecule has 6 nitrogen and oxygen atoms in total. The monoisotopic (exact) mass is 328 g/mol. The lowest BCUT2D eigenvalue weighted by atomic mass is 10.4. The molecular weight excluding hydrogens is 312 g/mol. The molecule has 7 heteroatoms. The predicted octanol–water partition coefficient (Wildman–Crippen LogP) is 1.77. The second-order valence-corrected chi connectivity index (χ2v) is 6.13. The van der Waals surface area contributed by atoms with Crippen molar-refractivity contribution in [1.29, 1.82) is 0 Å². The Bertz CT molecular complexity index is 999. The fraction of sp³-hybridized carbons (Fsp3) is 0.188. The molecule has 3 aromatic rings. The Balaban J connectivity index is 2.24. The van der Waals surface area contributed by atoms with E-state index in [1.807, 2.05) is 30.3 Å². The van der Waals surface area contributed by atoms with E-state index in [1.54, 1.807) is 18.7 Å². The number of imidazole rings is 1. The first kappa shape index (κ1) is 15.4. The van der Waals surface area contributed by atoms with Gasteiger partial charge in [-0.1, -0.05) is 36.0 Å². The Labute approximate surface area is 136 Å². The molecule has 0 radical (unpaired) electrons. The molecule has 0 N–H and O–H groups in total. The van der Waals surface area contributed by atoms with Crippen molar-refractivity contribution in [2.24, 2.45) is 14.1 Å². The van der Waals surface area contributed by atoms with E-state index >= 15 is 0 Å². The van der Waals surface area contributed by atoms with Crippen LogP contribution in [-0.2, 0) is 20.6 Å². The Kier molecular flexibility index (Phi) is 3.96. The third-order valence-corrected chi connectivity index (χ3v) is 4.63. The molecule has 0 atom stereocenters. The molecule has 0 fully saturated rings. The summed E-state index contributed by atoms with van der Waals surface area (Å²) in [6.07, 6.45) is 1.53. The zero-order valence-corrected chi connectivity index (χ0v) is 13.7. The summed E-state index contributed by atoms with van der Waals surface area (Å²) in [4.78, 5) is 30.3. The summed E-state index contributed by atoms with van der Waals surface area (Å²) >= 11 is 1.45.